The van der Waals surface area contributed by atoms with E-state index in [0.29, 0.717) is 19.1 Å². The molecule has 1 saturated carbocycles. The first-order valence-corrected chi connectivity index (χ1v) is 11.4. The van der Waals surface area contributed by atoms with Crippen LogP contribution in [0.4, 0.5) is 0 Å². The summed E-state index contributed by atoms with van der Waals surface area (Å²) in [5.41, 5.74) is 1.18. The molecule has 1 aliphatic rings. The Labute approximate surface area is 185 Å². The minimum atomic E-state index is -0.0988. The number of aliphatic hydroxyl groups excluding tert-OH is 1. The molecule has 1 aliphatic carbocycles. The minimum absolute atomic E-state index is 0.0399. The van der Waals surface area contributed by atoms with Crippen LogP contribution in [0.1, 0.15) is 65.9 Å². The van der Waals surface area contributed by atoms with Crippen LogP contribution in [0.5, 0.6) is 5.75 Å². The van der Waals surface area contributed by atoms with E-state index in [4.69, 9.17) is 14.6 Å². The van der Waals surface area contributed by atoms with Gasteiger partial charge in [-0.15, -0.1) is 0 Å². The highest BCUT2D eigenvalue weighted by Crippen LogP contribution is 2.26. The summed E-state index contributed by atoms with van der Waals surface area (Å²) in [7, 11) is 1.62. The van der Waals surface area contributed by atoms with Gasteiger partial charge in [0.1, 0.15) is 18.5 Å². The molecule has 1 aromatic rings. The lowest BCUT2D eigenvalue weighted by molar-refractivity contribution is 0.0285. The van der Waals surface area contributed by atoms with Crippen molar-refractivity contribution in [1.82, 2.24) is 0 Å². The Bertz CT molecular complexity index is 520. The molecule has 0 aromatic heterocycles. The minimum Gasteiger partial charge on any atom is -0.505 e. The summed E-state index contributed by atoms with van der Waals surface area (Å²) in [6.07, 6.45) is 12.9. The Morgan fingerprint density at radius 3 is 2.30 bits per heavy atom. The fraction of sp³-hybridized carbons (Fsp3) is 0.615. The average Bonchev–Trinajstić information content (AvgIpc) is 3.31. The molecular weight excluding hydrogens is 376 g/mol. The van der Waals surface area contributed by atoms with Gasteiger partial charge in [-0.1, -0.05) is 70.9 Å². The van der Waals surface area contributed by atoms with E-state index in [-0.39, 0.29) is 12.7 Å². The Hall–Kier alpha value is -1.78. The van der Waals surface area contributed by atoms with Gasteiger partial charge in [0.05, 0.1) is 26.6 Å². The second kappa shape index (κ2) is 23.5. The number of allylic oxidation sites excluding steroid dienone is 2. The SMILES string of the molecule is C/C=C/OC.CC.CC.Cc1cccc(OCC(/C=C/C2CCCC2)OCCO)c1. The average molecular weight is 423 g/mol. The molecule has 1 unspecified atom stereocenters. The van der Waals surface area contributed by atoms with Crippen molar-refractivity contribution in [3.05, 3.63) is 54.3 Å². The van der Waals surface area contributed by atoms with E-state index in [0.717, 1.165) is 5.75 Å². The van der Waals surface area contributed by atoms with E-state index in [1.165, 1.54) is 31.2 Å². The molecule has 1 fully saturated rings. The molecule has 0 aliphatic heterocycles. The Morgan fingerprint density at radius 1 is 1.13 bits per heavy atom. The zero-order valence-corrected chi connectivity index (χ0v) is 20.4. The van der Waals surface area contributed by atoms with Crippen LogP contribution in [0, 0.1) is 12.8 Å². The number of benzene rings is 1. The maximum Gasteiger partial charge on any atom is 0.119 e. The first kappa shape index (κ1) is 30.4. The van der Waals surface area contributed by atoms with Crippen molar-refractivity contribution < 1.29 is 19.3 Å². The number of aliphatic hydroxyl groups is 1. The van der Waals surface area contributed by atoms with Gasteiger partial charge in [-0.2, -0.15) is 0 Å². The zero-order chi connectivity index (χ0) is 23.0. The predicted molar refractivity (Wildman–Crippen MR) is 129 cm³/mol. The van der Waals surface area contributed by atoms with Crippen molar-refractivity contribution in [2.24, 2.45) is 5.92 Å². The quantitative estimate of drug-likeness (QED) is 0.354. The molecule has 30 heavy (non-hydrogen) atoms. The van der Waals surface area contributed by atoms with E-state index in [1.54, 1.807) is 13.4 Å². The Kier molecular flexibility index (Phi) is 23.8. The lowest BCUT2D eigenvalue weighted by Crippen LogP contribution is -2.21. The van der Waals surface area contributed by atoms with Gasteiger partial charge >= 0.3 is 0 Å². The molecule has 1 aromatic carbocycles. The third kappa shape index (κ3) is 17.1. The van der Waals surface area contributed by atoms with E-state index in [1.807, 2.05) is 71.9 Å². The molecule has 4 heteroatoms. The summed E-state index contributed by atoms with van der Waals surface area (Å²) < 4.78 is 16.0. The first-order valence-electron chi connectivity index (χ1n) is 11.4. The van der Waals surface area contributed by atoms with Crippen LogP contribution in [0.2, 0.25) is 0 Å². The molecular formula is C26H46O4. The third-order valence-electron chi connectivity index (χ3n) is 4.10. The normalized spacial score (nSPS) is 14.1. The Morgan fingerprint density at radius 2 is 1.80 bits per heavy atom. The van der Waals surface area contributed by atoms with Crippen LogP contribution in [0.25, 0.3) is 0 Å². The van der Waals surface area contributed by atoms with Crippen molar-refractivity contribution in [2.45, 2.75) is 73.3 Å². The lowest BCUT2D eigenvalue weighted by Gasteiger charge is -2.16. The molecule has 0 heterocycles. The topological polar surface area (TPSA) is 47.9 Å². The van der Waals surface area contributed by atoms with Gasteiger partial charge in [-0.05, 0) is 50.3 Å². The highest BCUT2D eigenvalue weighted by molar-refractivity contribution is 5.27. The molecule has 2 rings (SSSR count). The van der Waals surface area contributed by atoms with E-state index in [2.05, 4.69) is 16.9 Å². The fourth-order valence-corrected chi connectivity index (χ4v) is 2.81. The number of hydrogen-bond donors (Lipinski definition) is 1. The van der Waals surface area contributed by atoms with Crippen LogP contribution in [0.3, 0.4) is 0 Å². The van der Waals surface area contributed by atoms with Gasteiger partial charge in [0.25, 0.3) is 0 Å². The molecule has 1 N–H and O–H groups in total. The van der Waals surface area contributed by atoms with Crippen molar-refractivity contribution in [3.8, 4) is 5.75 Å². The van der Waals surface area contributed by atoms with Gasteiger partial charge in [-0.25, -0.2) is 0 Å². The second-order valence-corrected chi connectivity index (χ2v) is 6.39. The molecule has 4 nitrogen and oxygen atoms in total. The highest BCUT2D eigenvalue weighted by Gasteiger charge is 2.13. The van der Waals surface area contributed by atoms with Gasteiger partial charge < -0.3 is 19.3 Å². The summed E-state index contributed by atoms with van der Waals surface area (Å²) in [5, 5.41) is 8.93. The van der Waals surface area contributed by atoms with Gasteiger partial charge in [0.15, 0.2) is 0 Å². The number of hydrogen-bond acceptors (Lipinski definition) is 4. The van der Waals surface area contributed by atoms with Crippen molar-refractivity contribution >= 4 is 0 Å². The maximum absolute atomic E-state index is 8.93. The van der Waals surface area contributed by atoms with E-state index < -0.39 is 0 Å². The third-order valence-corrected chi connectivity index (χ3v) is 4.10. The molecule has 0 bridgehead atoms. The molecule has 0 radical (unpaired) electrons. The summed E-state index contributed by atoms with van der Waals surface area (Å²) >= 11 is 0. The van der Waals surface area contributed by atoms with Gasteiger partial charge in [0, 0.05) is 0 Å². The summed E-state index contributed by atoms with van der Waals surface area (Å²) in [6.45, 7) is 12.8. The number of rotatable bonds is 9. The number of aryl methyl sites for hydroxylation is 1. The molecule has 174 valence electrons. The van der Waals surface area contributed by atoms with Crippen molar-refractivity contribution in [2.75, 3.05) is 26.9 Å². The largest absolute Gasteiger partial charge is 0.505 e. The van der Waals surface area contributed by atoms with Crippen molar-refractivity contribution in [1.29, 1.82) is 0 Å². The molecule has 0 spiro atoms. The summed E-state index contributed by atoms with van der Waals surface area (Å²) in [4.78, 5) is 0. The molecule has 1 atom stereocenters. The van der Waals surface area contributed by atoms with Crippen LogP contribution in [-0.2, 0) is 9.47 Å². The smallest absolute Gasteiger partial charge is 0.119 e. The lowest BCUT2D eigenvalue weighted by atomic mass is 10.1. The standard InChI is InChI=1S/C18H26O3.C4H8O.2C2H6/c1-15-5-4-8-17(13-15)21-14-18(20-12-11-19)10-9-16-6-2-3-7-16;1-3-4-5-2;2*1-2/h4-5,8-10,13,16,18-19H,2-3,6-7,11-12,14H2,1H3;3-4H,1-2H3;2*1-2H3/b10-9+;4-3+;;. The van der Waals surface area contributed by atoms with E-state index in [9.17, 15) is 0 Å². The monoisotopic (exact) mass is 422 g/mol. The van der Waals surface area contributed by atoms with Crippen LogP contribution in [-0.4, -0.2) is 38.1 Å². The molecule has 0 amide bonds. The van der Waals surface area contributed by atoms with Crippen LogP contribution >= 0.6 is 0 Å². The first-order chi connectivity index (χ1) is 14.7. The maximum atomic E-state index is 8.93. The summed E-state index contributed by atoms with van der Waals surface area (Å²) in [5.74, 6) is 1.55. The Balaban J connectivity index is 0. The number of methoxy groups -OCH3 is 1. The predicted octanol–water partition coefficient (Wildman–Crippen LogP) is 6.72. The second-order valence-electron chi connectivity index (χ2n) is 6.39. The van der Waals surface area contributed by atoms with Crippen LogP contribution < -0.4 is 4.74 Å². The summed E-state index contributed by atoms with van der Waals surface area (Å²) in [6, 6.07) is 8.01. The zero-order valence-electron chi connectivity index (χ0n) is 20.4. The van der Waals surface area contributed by atoms with E-state index >= 15 is 0 Å². The van der Waals surface area contributed by atoms with Crippen molar-refractivity contribution in [3.63, 3.8) is 0 Å². The molecule has 0 saturated heterocycles. The number of ether oxygens (including phenoxy) is 3. The van der Waals surface area contributed by atoms with Gasteiger partial charge in [-0.3, -0.25) is 0 Å². The van der Waals surface area contributed by atoms with Crippen LogP contribution in [0.15, 0.2) is 48.8 Å². The van der Waals surface area contributed by atoms with Gasteiger partial charge in [0.2, 0.25) is 0 Å². The fourth-order valence-electron chi connectivity index (χ4n) is 2.81. The highest BCUT2D eigenvalue weighted by atomic mass is 16.5.